The summed E-state index contributed by atoms with van der Waals surface area (Å²) < 4.78 is 2.07. The normalized spacial score (nSPS) is 22.1. The van der Waals surface area contributed by atoms with Crippen molar-refractivity contribution in [2.24, 2.45) is 5.41 Å². The van der Waals surface area contributed by atoms with Gasteiger partial charge in [-0.3, -0.25) is 4.98 Å². The average molecular weight is 488 g/mol. The summed E-state index contributed by atoms with van der Waals surface area (Å²) in [7, 11) is 0. The van der Waals surface area contributed by atoms with Gasteiger partial charge in [-0.2, -0.15) is 5.10 Å². The molecule has 9 nitrogen and oxygen atoms in total. The number of rotatable bonds is 8. The molecule has 5 heterocycles. The van der Waals surface area contributed by atoms with Crippen molar-refractivity contribution in [3.63, 3.8) is 0 Å². The van der Waals surface area contributed by atoms with E-state index < -0.39 is 0 Å². The van der Waals surface area contributed by atoms with Crippen LogP contribution in [0.4, 0.5) is 11.6 Å². The quantitative estimate of drug-likeness (QED) is 0.515. The van der Waals surface area contributed by atoms with Gasteiger partial charge in [-0.25, -0.2) is 9.97 Å². The minimum atomic E-state index is 0.0255. The molecule has 1 unspecified atom stereocenters. The predicted molar refractivity (Wildman–Crippen MR) is 141 cm³/mol. The van der Waals surface area contributed by atoms with Crippen LogP contribution in [0.25, 0.3) is 11.4 Å². The SMILES string of the molecule is CC(c1ccc(N2CCC[C@@H](NCC3(C)CC3)C2)nn1)n1cnc(-c2cncc(N3CCCC3)n2)c1. The summed E-state index contributed by atoms with van der Waals surface area (Å²) in [5.41, 5.74) is 3.09. The number of hydrogen-bond donors (Lipinski definition) is 1. The highest BCUT2D eigenvalue weighted by atomic mass is 15.3. The fourth-order valence-electron chi connectivity index (χ4n) is 5.27. The third kappa shape index (κ3) is 5.07. The number of hydrogen-bond acceptors (Lipinski definition) is 8. The number of nitrogens with one attached hydrogen (secondary N) is 1. The topological polar surface area (TPSA) is 87.9 Å². The molecular formula is C27H37N9. The number of imidazole rings is 1. The molecule has 3 fully saturated rings. The molecule has 6 rings (SSSR count). The molecule has 0 spiro atoms. The van der Waals surface area contributed by atoms with E-state index in [0.717, 1.165) is 61.4 Å². The highest BCUT2D eigenvalue weighted by Crippen LogP contribution is 2.44. The van der Waals surface area contributed by atoms with Crippen molar-refractivity contribution in [3.8, 4) is 11.4 Å². The van der Waals surface area contributed by atoms with E-state index in [2.05, 4.69) is 65.8 Å². The molecule has 9 heteroatoms. The van der Waals surface area contributed by atoms with E-state index >= 15 is 0 Å². The fraction of sp³-hybridized carbons (Fsp3) is 0.593. The zero-order valence-corrected chi connectivity index (χ0v) is 21.5. The van der Waals surface area contributed by atoms with E-state index in [1.165, 1.54) is 38.5 Å². The van der Waals surface area contributed by atoms with E-state index in [0.29, 0.717) is 11.5 Å². The molecule has 3 aromatic heterocycles. The van der Waals surface area contributed by atoms with Crippen LogP contribution in [0.5, 0.6) is 0 Å². The maximum Gasteiger partial charge on any atom is 0.151 e. The van der Waals surface area contributed by atoms with E-state index in [-0.39, 0.29) is 6.04 Å². The van der Waals surface area contributed by atoms with Gasteiger partial charge in [-0.1, -0.05) is 6.92 Å². The Morgan fingerprint density at radius 2 is 1.83 bits per heavy atom. The molecular weight excluding hydrogens is 450 g/mol. The standard InChI is InChI=1S/C27H37N9/c1-20(36-17-24(30-19-36)23-14-28-15-26(31-23)34-11-3-4-12-34)22-7-8-25(33-32-22)35-13-5-6-21(16-35)29-18-27(2)9-10-27/h7-8,14-15,17,19-21,29H,3-6,9-13,16,18H2,1-2H3/t20?,21-/m1/s1. The second-order valence-corrected chi connectivity index (χ2v) is 11.1. The lowest BCUT2D eigenvalue weighted by Crippen LogP contribution is -2.47. The predicted octanol–water partition coefficient (Wildman–Crippen LogP) is 3.70. The van der Waals surface area contributed by atoms with Crippen molar-refractivity contribution in [1.29, 1.82) is 0 Å². The number of anilines is 2. The Kier molecular flexibility index (Phi) is 6.33. The Balaban J connectivity index is 1.10. The van der Waals surface area contributed by atoms with Gasteiger partial charge in [0.05, 0.1) is 30.5 Å². The molecule has 1 saturated carbocycles. The third-order valence-corrected chi connectivity index (χ3v) is 8.13. The highest BCUT2D eigenvalue weighted by molar-refractivity contribution is 5.55. The Labute approximate surface area is 213 Å². The maximum atomic E-state index is 4.82. The molecule has 190 valence electrons. The van der Waals surface area contributed by atoms with Crippen molar-refractivity contribution in [2.45, 2.75) is 64.5 Å². The summed E-state index contributed by atoms with van der Waals surface area (Å²) in [5, 5.41) is 13.0. The van der Waals surface area contributed by atoms with Crippen LogP contribution in [0.1, 0.15) is 64.1 Å². The third-order valence-electron chi connectivity index (χ3n) is 8.13. The molecule has 1 aliphatic carbocycles. The minimum absolute atomic E-state index is 0.0255. The van der Waals surface area contributed by atoms with E-state index in [1.807, 2.05) is 18.7 Å². The van der Waals surface area contributed by atoms with Crippen molar-refractivity contribution in [2.75, 3.05) is 42.5 Å². The second kappa shape index (κ2) is 9.76. The van der Waals surface area contributed by atoms with Crippen LogP contribution >= 0.6 is 0 Å². The van der Waals surface area contributed by atoms with Crippen LogP contribution in [-0.4, -0.2) is 68.5 Å². The summed E-state index contributed by atoms with van der Waals surface area (Å²) in [6.07, 6.45) is 15.1. The van der Waals surface area contributed by atoms with Gasteiger partial charge in [0.15, 0.2) is 5.82 Å². The highest BCUT2D eigenvalue weighted by Gasteiger charge is 2.37. The Morgan fingerprint density at radius 3 is 2.61 bits per heavy atom. The molecule has 0 amide bonds. The largest absolute Gasteiger partial charge is 0.355 e. The summed E-state index contributed by atoms with van der Waals surface area (Å²) in [4.78, 5) is 18.5. The summed E-state index contributed by atoms with van der Waals surface area (Å²) in [5.74, 6) is 1.90. The number of piperidine rings is 1. The van der Waals surface area contributed by atoms with Crippen molar-refractivity contribution < 1.29 is 0 Å². The molecule has 36 heavy (non-hydrogen) atoms. The van der Waals surface area contributed by atoms with Gasteiger partial charge in [-0.05, 0) is 63.0 Å². The van der Waals surface area contributed by atoms with Gasteiger partial charge in [0.25, 0.3) is 0 Å². The molecule has 0 aromatic carbocycles. The van der Waals surface area contributed by atoms with Crippen LogP contribution in [-0.2, 0) is 0 Å². The molecule has 0 bridgehead atoms. The van der Waals surface area contributed by atoms with Crippen LogP contribution < -0.4 is 15.1 Å². The van der Waals surface area contributed by atoms with Crippen LogP contribution in [0.15, 0.2) is 37.1 Å². The van der Waals surface area contributed by atoms with Gasteiger partial charge in [0, 0.05) is 45.0 Å². The summed E-state index contributed by atoms with van der Waals surface area (Å²) >= 11 is 0. The first-order chi connectivity index (χ1) is 17.6. The molecule has 0 radical (unpaired) electrons. The lowest BCUT2D eigenvalue weighted by atomic mass is 10.0. The van der Waals surface area contributed by atoms with Gasteiger partial charge in [0.2, 0.25) is 0 Å². The first kappa shape index (κ1) is 23.3. The summed E-state index contributed by atoms with van der Waals surface area (Å²) in [6, 6.07) is 4.78. The van der Waals surface area contributed by atoms with Crippen molar-refractivity contribution in [1.82, 2.24) is 35.0 Å². The van der Waals surface area contributed by atoms with Crippen molar-refractivity contribution in [3.05, 3.63) is 42.7 Å². The first-order valence-electron chi connectivity index (χ1n) is 13.5. The summed E-state index contributed by atoms with van der Waals surface area (Å²) in [6.45, 7) is 9.78. The smallest absolute Gasteiger partial charge is 0.151 e. The zero-order valence-electron chi connectivity index (χ0n) is 21.5. The number of nitrogens with zero attached hydrogens (tertiary/aromatic N) is 8. The average Bonchev–Trinajstić information content (AvgIpc) is 3.32. The zero-order chi connectivity index (χ0) is 24.5. The van der Waals surface area contributed by atoms with E-state index in [1.54, 1.807) is 6.20 Å². The maximum absolute atomic E-state index is 4.82. The van der Waals surface area contributed by atoms with Crippen LogP contribution in [0, 0.1) is 5.41 Å². The molecule has 2 atom stereocenters. The van der Waals surface area contributed by atoms with Gasteiger partial charge < -0.3 is 19.7 Å². The van der Waals surface area contributed by atoms with Crippen molar-refractivity contribution >= 4 is 11.6 Å². The number of aromatic nitrogens is 6. The first-order valence-corrected chi connectivity index (χ1v) is 13.5. The Hall–Kier alpha value is -3.07. The lowest BCUT2D eigenvalue weighted by Gasteiger charge is -2.34. The van der Waals surface area contributed by atoms with Gasteiger partial charge >= 0.3 is 0 Å². The van der Waals surface area contributed by atoms with Crippen LogP contribution in [0.3, 0.4) is 0 Å². The van der Waals surface area contributed by atoms with Gasteiger partial charge in [-0.15, -0.1) is 5.10 Å². The second-order valence-electron chi connectivity index (χ2n) is 11.1. The minimum Gasteiger partial charge on any atom is -0.355 e. The molecule has 2 saturated heterocycles. The van der Waals surface area contributed by atoms with E-state index in [4.69, 9.17) is 4.98 Å². The molecule has 2 aliphatic heterocycles. The van der Waals surface area contributed by atoms with E-state index in [9.17, 15) is 0 Å². The monoisotopic (exact) mass is 487 g/mol. The Bertz CT molecular complexity index is 1160. The molecule has 1 N–H and O–H groups in total. The van der Waals surface area contributed by atoms with Gasteiger partial charge in [0.1, 0.15) is 17.2 Å². The molecule has 3 aliphatic rings. The Morgan fingerprint density at radius 1 is 1.00 bits per heavy atom. The molecule has 3 aromatic rings. The van der Waals surface area contributed by atoms with Crippen LogP contribution in [0.2, 0.25) is 0 Å². The lowest BCUT2D eigenvalue weighted by molar-refractivity contribution is 0.382. The fourth-order valence-corrected chi connectivity index (χ4v) is 5.27.